The van der Waals surface area contributed by atoms with Crippen molar-refractivity contribution in [3.05, 3.63) is 24.3 Å². The Kier molecular flexibility index (Phi) is 7.44. The highest BCUT2D eigenvalue weighted by molar-refractivity contribution is 5.92. The Labute approximate surface area is 176 Å². The lowest BCUT2D eigenvalue weighted by Crippen LogP contribution is -2.37. The first kappa shape index (κ1) is 20.7. The molecule has 1 N–H and O–H groups in total. The summed E-state index contributed by atoms with van der Waals surface area (Å²) in [6.07, 6.45) is 10.8. The summed E-state index contributed by atoms with van der Waals surface area (Å²) in [7, 11) is 0. The normalized spacial score (nSPS) is 22.6. The smallest absolute Gasteiger partial charge is 0.238 e. The molecule has 5 nitrogen and oxygen atoms in total. The van der Waals surface area contributed by atoms with Crippen LogP contribution in [0.2, 0.25) is 0 Å². The highest BCUT2D eigenvalue weighted by Crippen LogP contribution is 2.25. The van der Waals surface area contributed by atoms with Gasteiger partial charge in [-0.1, -0.05) is 19.3 Å². The third-order valence-electron chi connectivity index (χ3n) is 6.91. The largest absolute Gasteiger partial charge is 0.372 e. The summed E-state index contributed by atoms with van der Waals surface area (Å²) >= 11 is 0. The van der Waals surface area contributed by atoms with Crippen molar-refractivity contribution < 1.29 is 4.79 Å². The molecule has 29 heavy (non-hydrogen) atoms. The highest BCUT2D eigenvalue weighted by atomic mass is 16.2. The van der Waals surface area contributed by atoms with E-state index in [4.69, 9.17) is 0 Å². The molecule has 1 aromatic carbocycles. The molecule has 0 spiro atoms. The van der Waals surface area contributed by atoms with E-state index < -0.39 is 0 Å². The van der Waals surface area contributed by atoms with Crippen molar-refractivity contribution in [2.75, 3.05) is 62.6 Å². The molecule has 160 valence electrons. The van der Waals surface area contributed by atoms with Crippen LogP contribution in [0.4, 0.5) is 11.4 Å². The molecule has 0 atom stereocenters. The summed E-state index contributed by atoms with van der Waals surface area (Å²) in [6, 6.07) is 8.35. The second-order valence-corrected chi connectivity index (χ2v) is 9.22. The molecule has 4 rings (SSSR count). The van der Waals surface area contributed by atoms with Gasteiger partial charge in [0.25, 0.3) is 0 Å². The van der Waals surface area contributed by atoms with Crippen LogP contribution in [0, 0.1) is 5.92 Å². The maximum Gasteiger partial charge on any atom is 0.238 e. The van der Waals surface area contributed by atoms with Crippen molar-refractivity contribution in [2.45, 2.75) is 51.4 Å². The van der Waals surface area contributed by atoms with Crippen molar-refractivity contribution in [1.29, 1.82) is 0 Å². The zero-order valence-electron chi connectivity index (χ0n) is 18.0. The SMILES string of the molecule is O=C(CN1CCCN(CC2CCCCC2)CC1)Nc1ccc(N2CCCC2)cc1. The number of hydrogen-bond acceptors (Lipinski definition) is 4. The van der Waals surface area contributed by atoms with E-state index in [0.29, 0.717) is 6.54 Å². The van der Waals surface area contributed by atoms with Gasteiger partial charge in [-0.15, -0.1) is 0 Å². The maximum atomic E-state index is 12.6. The topological polar surface area (TPSA) is 38.8 Å². The number of nitrogens with one attached hydrogen (secondary N) is 1. The minimum absolute atomic E-state index is 0.111. The van der Waals surface area contributed by atoms with Crippen LogP contribution in [0.1, 0.15) is 51.4 Å². The van der Waals surface area contributed by atoms with E-state index in [1.807, 2.05) is 12.1 Å². The molecule has 1 saturated carbocycles. The van der Waals surface area contributed by atoms with E-state index in [0.717, 1.165) is 44.3 Å². The summed E-state index contributed by atoms with van der Waals surface area (Å²) in [5, 5.41) is 3.09. The number of nitrogens with zero attached hydrogens (tertiary/aromatic N) is 3. The zero-order valence-corrected chi connectivity index (χ0v) is 18.0. The zero-order chi connectivity index (χ0) is 19.9. The van der Waals surface area contributed by atoms with Gasteiger partial charge in [0, 0.05) is 44.1 Å². The summed E-state index contributed by atoms with van der Waals surface area (Å²) < 4.78 is 0. The van der Waals surface area contributed by atoms with Gasteiger partial charge in [-0.25, -0.2) is 0 Å². The number of rotatable bonds is 6. The predicted octanol–water partition coefficient (Wildman–Crippen LogP) is 3.81. The lowest BCUT2D eigenvalue weighted by molar-refractivity contribution is -0.117. The Morgan fingerprint density at radius 3 is 2.24 bits per heavy atom. The molecule has 0 unspecified atom stereocenters. The Morgan fingerprint density at radius 2 is 1.48 bits per heavy atom. The number of benzene rings is 1. The van der Waals surface area contributed by atoms with Crippen molar-refractivity contribution in [3.63, 3.8) is 0 Å². The average molecular weight is 399 g/mol. The van der Waals surface area contributed by atoms with E-state index in [1.165, 1.54) is 70.1 Å². The summed E-state index contributed by atoms with van der Waals surface area (Å²) in [5.41, 5.74) is 2.18. The lowest BCUT2D eigenvalue weighted by Gasteiger charge is -2.28. The van der Waals surface area contributed by atoms with Crippen molar-refractivity contribution in [3.8, 4) is 0 Å². The molecule has 0 radical (unpaired) electrons. The molecule has 2 saturated heterocycles. The van der Waals surface area contributed by atoms with E-state index in [9.17, 15) is 4.79 Å². The molecule has 5 heteroatoms. The third-order valence-corrected chi connectivity index (χ3v) is 6.91. The average Bonchev–Trinajstić information content (AvgIpc) is 3.19. The lowest BCUT2D eigenvalue weighted by atomic mass is 9.89. The van der Waals surface area contributed by atoms with Gasteiger partial charge in [-0.3, -0.25) is 9.69 Å². The van der Waals surface area contributed by atoms with Gasteiger partial charge in [0.1, 0.15) is 0 Å². The van der Waals surface area contributed by atoms with Gasteiger partial charge < -0.3 is 15.1 Å². The molecule has 0 bridgehead atoms. The second-order valence-electron chi connectivity index (χ2n) is 9.22. The van der Waals surface area contributed by atoms with Crippen LogP contribution in [-0.4, -0.2) is 68.1 Å². The number of carbonyl (C=O) groups is 1. The van der Waals surface area contributed by atoms with Crippen LogP contribution in [0.3, 0.4) is 0 Å². The number of amides is 1. The molecule has 2 aliphatic heterocycles. The fourth-order valence-electron chi connectivity index (χ4n) is 5.23. The van der Waals surface area contributed by atoms with Gasteiger partial charge >= 0.3 is 0 Å². The van der Waals surface area contributed by atoms with Crippen LogP contribution >= 0.6 is 0 Å². The van der Waals surface area contributed by atoms with Crippen LogP contribution in [0.5, 0.6) is 0 Å². The Bertz CT molecular complexity index is 635. The number of hydrogen-bond donors (Lipinski definition) is 1. The van der Waals surface area contributed by atoms with Crippen LogP contribution < -0.4 is 10.2 Å². The van der Waals surface area contributed by atoms with Gasteiger partial charge in [0.05, 0.1) is 6.54 Å². The minimum Gasteiger partial charge on any atom is -0.372 e. The van der Waals surface area contributed by atoms with Crippen LogP contribution in [0.25, 0.3) is 0 Å². The molecule has 0 aromatic heterocycles. The fraction of sp³-hybridized carbons (Fsp3) is 0.708. The quantitative estimate of drug-likeness (QED) is 0.791. The van der Waals surface area contributed by atoms with E-state index in [2.05, 4.69) is 32.1 Å². The van der Waals surface area contributed by atoms with Crippen molar-refractivity contribution in [1.82, 2.24) is 9.80 Å². The first-order valence-corrected chi connectivity index (χ1v) is 11.9. The van der Waals surface area contributed by atoms with E-state index in [1.54, 1.807) is 0 Å². The molecule has 1 amide bonds. The molecule has 3 fully saturated rings. The number of carbonyl (C=O) groups excluding carboxylic acids is 1. The number of anilines is 2. The molecule has 2 heterocycles. The summed E-state index contributed by atoms with van der Waals surface area (Å²) in [4.78, 5) is 19.9. The van der Waals surface area contributed by atoms with Gasteiger partial charge in [0.15, 0.2) is 0 Å². The molecule has 1 aromatic rings. The first-order chi connectivity index (χ1) is 14.3. The third kappa shape index (κ3) is 6.19. The van der Waals surface area contributed by atoms with E-state index in [-0.39, 0.29) is 5.91 Å². The fourth-order valence-corrected chi connectivity index (χ4v) is 5.23. The molecule has 3 aliphatic rings. The molecular weight excluding hydrogens is 360 g/mol. The van der Waals surface area contributed by atoms with E-state index >= 15 is 0 Å². The highest BCUT2D eigenvalue weighted by Gasteiger charge is 2.21. The molecular formula is C24H38N4O. The van der Waals surface area contributed by atoms with Gasteiger partial charge in [-0.2, -0.15) is 0 Å². The minimum atomic E-state index is 0.111. The van der Waals surface area contributed by atoms with Crippen molar-refractivity contribution in [2.24, 2.45) is 5.92 Å². The summed E-state index contributed by atoms with van der Waals surface area (Å²) in [6.45, 7) is 8.41. The Balaban J connectivity index is 1.20. The van der Waals surface area contributed by atoms with Gasteiger partial charge in [0.2, 0.25) is 5.91 Å². The maximum absolute atomic E-state index is 12.6. The monoisotopic (exact) mass is 398 g/mol. The standard InChI is InChI=1S/C24H38N4O/c29-24(25-22-9-11-23(12-10-22)28-15-4-5-16-28)20-27-14-6-13-26(17-18-27)19-21-7-2-1-3-8-21/h9-12,21H,1-8,13-20H2,(H,25,29). The van der Waals surface area contributed by atoms with Crippen LogP contribution in [-0.2, 0) is 4.79 Å². The second kappa shape index (κ2) is 10.4. The van der Waals surface area contributed by atoms with Gasteiger partial charge in [-0.05, 0) is 75.4 Å². The Hall–Kier alpha value is -1.59. The Morgan fingerprint density at radius 1 is 0.793 bits per heavy atom. The predicted molar refractivity (Wildman–Crippen MR) is 121 cm³/mol. The first-order valence-electron chi connectivity index (χ1n) is 11.9. The molecule has 1 aliphatic carbocycles. The van der Waals surface area contributed by atoms with Crippen LogP contribution in [0.15, 0.2) is 24.3 Å². The van der Waals surface area contributed by atoms with Crippen molar-refractivity contribution >= 4 is 17.3 Å². The summed E-state index contributed by atoms with van der Waals surface area (Å²) in [5.74, 6) is 1.02.